The highest BCUT2D eigenvalue weighted by Gasteiger charge is 2.32. The van der Waals surface area contributed by atoms with Gasteiger partial charge in [0.1, 0.15) is 0 Å². The maximum absolute atomic E-state index is 12.2. The number of allylic oxidation sites excluding steroid dienone is 1. The zero-order valence-corrected chi connectivity index (χ0v) is 14.5. The van der Waals surface area contributed by atoms with Crippen molar-refractivity contribution in [1.82, 2.24) is 9.97 Å². The molecule has 0 aliphatic heterocycles. The minimum atomic E-state index is -0.532. The van der Waals surface area contributed by atoms with Crippen LogP contribution in [0.4, 0.5) is 0 Å². The maximum atomic E-state index is 12.2. The van der Waals surface area contributed by atoms with Gasteiger partial charge in [0.05, 0.1) is 13.2 Å². The van der Waals surface area contributed by atoms with Gasteiger partial charge in [0.15, 0.2) is 11.5 Å². The summed E-state index contributed by atoms with van der Waals surface area (Å²) in [4.78, 5) is 19.8. The normalized spacial score (nSPS) is 15.2. The van der Waals surface area contributed by atoms with E-state index in [2.05, 4.69) is 16.0 Å². The van der Waals surface area contributed by atoms with Gasteiger partial charge in [-0.2, -0.15) is 0 Å². The van der Waals surface area contributed by atoms with E-state index in [-0.39, 0.29) is 11.1 Å². The van der Waals surface area contributed by atoms with Gasteiger partial charge in [0.25, 0.3) is 0 Å². The smallest absolute Gasteiger partial charge is 0.360 e. The number of H-pyrrole nitrogens is 1. The Hall–Kier alpha value is -2.34. The fourth-order valence-electron chi connectivity index (χ4n) is 2.75. The number of carbonyl (C=O) groups is 1. The molecule has 2 heterocycles. The van der Waals surface area contributed by atoms with E-state index in [1.807, 2.05) is 33.0 Å². The number of esters is 1. The third-order valence-electron chi connectivity index (χ3n) is 4.32. The Morgan fingerprint density at radius 3 is 2.88 bits per heavy atom. The molecule has 0 aromatic carbocycles. The van der Waals surface area contributed by atoms with E-state index >= 15 is 0 Å². The fraction of sp³-hybridized carbons (Fsp3) is 0.444. The Kier molecular flexibility index (Phi) is 4.09. The van der Waals surface area contributed by atoms with Crippen LogP contribution in [0.25, 0.3) is 17.4 Å². The number of nitrogens with zero attached hydrogens (tertiary/aromatic N) is 1. The van der Waals surface area contributed by atoms with Crippen molar-refractivity contribution in [2.24, 2.45) is 11.1 Å². The average molecular weight is 329 g/mol. The third kappa shape index (κ3) is 2.78. The summed E-state index contributed by atoms with van der Waals surface area (Å²) in [7, 11) is 1.33. The number of nitrogens with two attached hydrogens (primary N) is 1. The number of aromatic nitrogens is 2. The molecule has 3 N–H and O–H groups in total. The molecule has 1 unspecified atom stereocenters. The number of aryl methyl sites for hydroxylation is 1. The minimum absolute atomic E-state index is 0.160. The molecule has 1 atom stereocenters. The zero-order chi connectivity index (χ0) is 17.5. The van der Waals surface area contributed by atoms with Crippen molar-refractivity contribution in [3.8, 4) is 11.3 Å². The van der Waals surface area contributed by atoms with Gasteiger partial charge in [-0.05, 0) is 18.3 Å². The van der Waals surface area contributed by atoms with Crippen LogP contribution in [0.2, 0.25) is 0 Å². The summed E-state index contributed by atoms with van der Waals surface area (Å²) in [5, 5.41) is 0. The van der Waals surface area contributed by atoms with E-state index in [0.717, 1.165) is 29.7 Å². The van der Waals surface area contributed by atoms with E-state index in [9.17, 15) is 4.79 Å². The number of oxazole rings is 1. The highest BCUT2D eigenvalue weighted by molar-refractivity contribution is 5.95. The number of carbonyl (C=O) groups excluding carboxylic acids is 1. The first-order valence-corrected chi connectivity index (χ1v) is 8.04. The molecule has 3 rings (SSSR count). The van der Waals surface area contributed by atoms with Crippen molar-refractivity contribution < 1.29 is 13.9 Å². The summed E-state index contributed by atoms with van der Waals surface area (Å²) in [5.74, 6) is 0.212. The molecule has 0 saturated heterocycles. The summed E-state index contributed by atoms with van der Waals surface area (Å²) >= 11 is 0. The molecule has 2 aromatic heterocycles. The first-order chi connectivity index (χ1) is 11.3. The summed E-state index contributed by atoms with van der Waals surface area (Å²) in [6.45, 7) is 6.00. The quantitative estimate of drug-likeness (QED) is 0.841. The highest BCUT2D eigenvalue weighted by Crippen LogP contribution is 2.37. The van der Waals surface area contributed by atoms with Crippen molar-refractivity contribution >= 4 is 12.0 Å². The largest absolute Gasteiger partial charge is 0.464 e. The van der Waals surface area contributed by atoms with Crippen LogP contribution in [0.15, 0.2) is 16.7 Å². The third-order valence-corrected chi connectivity index (χ3v) is 4.32. The summed E-state index contributed by atoms with van der Waals surface area (Å²) in [6, 6.07) is -0.431. The van der Waals surface area contributed by atoms with E-state index in [4.69, 9.17) is 14.9 Å². The van der Waals surface area contributed by atoms with Gasteiger partial charge < -0.3 is 19.9 Å². The number of hydrogen-bond donors (Lipinski definition) is 2. The van der Waals surface area contributed by atoms with Crippen molar-refractivity contribution in [1.29, 1.82) is 0 Å². The number of nitrogens with one attached hydrogen (secondary N) is 1. The van der Waals surface area contributed by atoms with Crippen LogP contribution in [0.5, 0.6) is 0 Å². The van der Waals surface area contributed by atoms with Gasteiger partial charge in [-0.15, -0.1) is 0 Å². The Morgan fingerprint density at radius 1 is 1.46 bits per heavy atom. The number of methoxy groups -OCH3 is 1. The number of hydrogen-bond acceptors (Lipinski definition) is 5. The summed E-state index contributed by atoms with van der Waals surface area (Å²) < 4.78 is 10.8. The average Bonchev–Trinajstić information content (AvgIpc) is 3.16. The maximum Gasteiger partial charge on any atom is 0.360 e. The van der Waals surface area contributed by atoms with Gasteiger partial charge in [0, 0.05) is 23.0 Å². The SMILES string of the molecule is COC(=O)c1nc(C(N)C(C)(C)C)oc1-c1c[nH]c2c1C=CCC2. The van der Waals surface area contributed by atoms with Crippen LogP contribution in [-0.4, -0.2) is 23.0 Å². The van der Waals surface area contributed by atoms with E-state index < -0.39 is 12.0 Å². The lowest BCUT2D eigenvalue weighted by atomic mass is 9.87. The van der Waals surface area contributed by atoms with Crippen molar-refractivity contribution in [3.05, 3.63) is 35.1 Å². The van der Waals surface area contributed by atoms with Gasteiger partial charge in [0.2, 0.25) is 5.89 Å². The molecule has 6 heteroatoms. The van der Waals surface area contributed by atoms with Gasteiger partial charge >= 0.3 is 5.97 Å². The second-order valence-corrected chi connectivity index (χ2v) is 7.10. The lowest BCUT2D eigenvalue weighted by Crippen LogP contribution is -2.26. The standard InChI is InChI=1S/C18H23N3O3/c1-18(2,3)15(19)16-21-13(17(22)23-4)14(24-16)11-9-20-12-8-6-5-7-10(11)12/h5,7,9,15,20H,6,8,19H2,1-4H3. The Balaban J connectivity index is 2.13. The molecule has 0 radical (unpaired) electrons. The van der Waals surface area contributed by atoms with Crippen LogP contribution in [-0.2, 0) is 11.2 Å². The topological polar surface area (TPSA) is 94.1 Å². The first kappa shape index (κ1) is 16.5. The monoisotopic (exact) mass is 329 g/mol. The molecule has 24 heavy (non-hydrogen) atoms. The lowest BCUT2D eigenvalue weighted by Gasteiger charge is -2.23. The highest BCUT2D eigenvalue weighted by atomic mass is 16.5. The Labute approximate surface area is 141 Å². The molecule has 0 fully saturated rings. The molecule has 0 bridgehead atoms. The van der Waals surface area contributed by atoms with Crippen LogP contribution in [0.1, 0.15) is 60.9 Å². The molecule has 0 spiro atoms. The van der Waals surface area contributed by atoms with Crippen LogP contribution < -0.4 is 5.73 Å². The first-order valence-electron chi connectivity index (χ1n) is 8.04. The number of aromatic amines is 1. The Morgan fingerprint density at radius 2 is 2.21 bits per heavy atom. The molecule has 0 saturated carbocycles. The molecule has 128 valence electrons. The second kappa shape index (κ2) is 5.94. The van der Waals surface area contributed by atoms with Gasteiger partial charge in [-0.1, -0.05) is 32.9 Å². The fourth-order valence-corrected chi connectivity index (χ4v) is 2.75. The van der Waals surface area contributed by atoms with Crippen molar-refractivity contribution in [2.75, 3.05) is 7.11 Å². The molecule has 0 amide bonds. The zero-order valence-electron chi connectivity index (χ0n) is 14.5. The lowest BCUT2D eigenvalue weighted by molar-refractivity contribution is 0.0595. The molecular weight excluding hydrogens is 306 g/mol. The molecule has 1 aliphatic rings. The number of ether oxygens (including phenoxy) is 1. The van der Waals surface area contributed by atoms with Crippen molar-refractivity contribution in [2.45, 2.75) is 39.7 Å². The molecule has 1 aliphatic carbocycles. The van der Waals surface area contributed by atoms with Crippen LogP contribution in [0.3, 0.4) is 0 Å². The Bertz CT molecular complexity index is 793. The van der Waals surface area contributed by atoms with E-state index in [1.165, 1.54) is 7.11 Å². The predicted octanol–water partition coefficient (Wildman–Crippen LogP) is 3.46. The van der Waals surface area contributed by atoms with Crippen LogP contribution in [0, 0.1) is 5.41 Å². The van der Waals surface area contributed by atoms with Crippen molar-refractivity contribution in [3.63, 3.8) is 0 Å². The van der Waals surface area contributed by atoms with E-state index in [0.29, 0.717) is 11.7 Å². The van der Waals surface area contributed by atoms with E-state index in [1.54, 1.807) is 0 Å². The van der Waals surface area contributed by atoms with Gasteiger partial charge in [-0.25, -0.2) is 9.78 Å². The second-order valence-electron chi connectivity index (χ2n) is 7.10. The number of fused-ring (bicyclic) bond motifs is 1. The molecular formula is C18H23N3O3. The minimum Gasteiger partial charge on any atom is -0.464 e. The summed E-state index contributed by atoms with van der Waals surface area (Å²) in [5.41, 5.74) is 9.13. The predicted molar refractivity (Wildman–Crippen MR) is 91.4 cm³/mol. The molecule has 2 aromatic rings. The summed E-state index contributed by atoms with van der Waals surface area (Å²) in [6.07, 6.45) is 7.92. The van der Waals surface area contributed by atoms with Gasteiger partial charge in [-0.3, -0.25) is 0 Å². The number of rotatable bonds is 3. The van der Waals surface area contributed by atoms with Crippen LogP contribution >= 0.6 is 0 Å². The molecule has 6 nitrogen and oxygen atoms in total.